The van der Waals surface area contributed by atoms with Gasteiger partial charge >= 0.3 is 5.97 Å². The summed E-state index contributed by atoms with van der Waals surface area (Å²) in [5.74, 6) is -0.606. The van der Waals surface area contributed by atoms with E-state index in [-0.39, 0.29) is 12.3 Å². The minimum absolute atomic E-state index is 0.136. The van der Waals surface area contributed by atoms with Crippen molar-refractivity contribution in [3.05, 3.63) is 87.3 Å². The topological polar surface area (TPSA) is 83.9 Å². The van der Waals surface area contributed by atoms with Gasteiger partial charge in [-0.2, -0.15) is 0 Å². The molecule has 164 valence electrons. The number of fused-ring (bicyclic) bond motifs is 1. The fraction of sp³-hybridized carbons (Fsp3) is 0.217. The first-order valence-corrected chi connectivity index (χ1v) is 11.2. The summed E-state index contributed by atoms with van der Waals surface area (Å²) in [6.45, 7) is 2.17. The Morgan fingerprint density at radius 1 is 1.28 bits per heavy atom. The second-order valence-electron chi connectivity index (χ2n) is 7.25. The SMILES string of the molecule is COC(=O)C1=C(C)N=C2SC=C(CC(=O)NCc3cccnc3)N2[C@@H]1c1cccc(Cl)c1. The van der Waals surface area contributed by atoms with Gasteiger partial charge in [0, 0.05) is 29.7 Å². The van der Waals surface area contributed by atoms with Crippen molar-refractivity contribution < 1.29 is 14.3 Å². The minimum atomic E-state index is -0.499. The number of hydrogen-bond acceptors (Lipinski definition) is 7. The molecule has 0 saturated carbocycles. The van der Waals surface area contributed by atoms with Gasteiger partial charge in [-0.3, -0.25) is 9.78 Å². The molecule has 1 aromatic heterocycles. The highest BCUT2D eigenvalue weighted by Crippen LogP contribution is 2.45. The van der Waals surface area contributed by atoms with Crippen molar-refractivity contribution in [2.75, 3.05) is 7.11 Å². The van der Waals surface area contributed by atoms with E-state index in [2.05, 4.69) is 15.3 Å². The molecular weight excluding hydrogens is 448 g/mol. The summed E-state index contributed by atoms with van der Waals surface area (Å²) in [6.07, 6.45) is 3.54. The van der Waals surface area contributed by atoms with Crippen molar-refractivity contribution in [2.24, 2.45) is 4.99 Å². The molecule has 0 unspecified atom stereocenters. The first kappa shape index (κ1) is 22.1. The lowest BCUT2D eigenvalue weighted by atomic mass is 9.94. The Morgan fingerprint density at radius 2 is 2.12 bits per heavy atom. The van der Waals surface area contributed by atoms with Gasteiger partial charge < -0.3 is 15.0 Å². The molecule has 2 aliphatic rings. The molecule has 0 fully saturated rings. The highest BCUT2D eigenvalue weighted by Gasteiger charge is 2.41. The summed E-state index contributed by atoms with van der Waals surface area (Å²) < 4.78 is 5.06. The first-order valence-electron chi connectivity index (χ1n) is 9.91. The number of amides is 1. The maximum atomic E-state index is 12.7. The highest BCUT2D eigenvalue weighted by atomic mass is 35.5. The van der Waals surface area contributed by atoms with Crippen molar-refractivity contribution in [1.29, 1.82) is 0 Å². The van der Waals surface area contributed by atoms with Gasteiger partial charge in [0.1, 0.15) is 0 Å². The second-order valence-corrected chi connectivity index (χ2v) is 8.53. The Kier molecular flexibility index (Phi) is 6.62. The Labute approximate surface area is 195 Å². The van der Waals surface area contributed by atoms with Crippen LogP contribution in [-0.2, 0) is 20.9 Å². The number of aliphatic imine (C=N–C) groups is 1. The lowest BCUT2D eigenvalue weighted by Crippen LogP contribution is -2.37. The number of benzene rings is 1. The van der Waals surface area contributed by atoms with E-state index in [1.54, 1.807) is 25.4 Å². The average Bonchev–Trinajstić information content (AvgIpc) is 3.18. The maximum Gasteiger partial charge on any atom is 0.338 e. The highest BCUT2D eigenvalue weighted by molar-refractivity contribution is 8.16. The summed E-state index contributed by atoms with van der Waals surface area (Å²) in [5.41, 5.74) is 3.48. The normalized spacial score (nSPS) is 17.5. The smallest absolute Gasteiger partial charge is 0.338 e. The fourth-order valence-corrected chi connectivity index (χ4v) is 4.83. The number of ether oxygens (including phenoxy) is 1. The third-order valence-corrected chi connectivity index (χ3v) is 6.25. The number of carbonyl (C=O) groups is 2. The third kappa shape index (κ3) is 4.56. The van der Waals surface area contributed by atoms with E-state index in [9.17, 15) is 9.59 Å². The van der Waals surface area contributed by atoms with Crippen molar-refractivity contribution in [2.45, 2.75) is 25.9 Å². The van der Waals surface area contributed by atoms with Crippen LogP contribution < -0.4 is 5.32 Å². The fourth-order valence-electron chi connectivity index (χ4n) is 3.66. The molecule has 7 nitrogen and oxygen atoms in total. The predicted octanol–water partition coefficient (Wildman–Crippen LogP) is 4.19. The number of pyridine rings is 1. The molecule has 0 radical (unpaired) electrons. The van der Waals surface area contributed by atoms with Crippen LogP contribution in [0.1, 0.15) is 30.5 Å². The Balaban J connectivity index is 1.61. The Bertz CT molecular complexity index is 1150. The van der Waals surface area contributed by atoms with E-state index >= 15 is 0 Å². The standard InChI is InChI=1S/C23H21ClN4O3S/c1-14-20(22(30)31-2)21(16-6-3-7-17(24)9-16)28-18(13-32-23(28)27-14)10-19(29)26-12-15-5-4-8-25-11-15/h3-9,11,13,21H,10,12H2,1-2H3,(H,26,29)/t21-/m1/s1. The number of methoxy groups -OCH3 is 1. The zero-order chi connectivity index (χ0) is 22.7. The third-order valence-electron chi connectivity index (χ3n) is 5.12. The number of hydrogen-bond donors (Lipinski definition) is 1. The van der Waals surface area contributed by atoms with E-state index in [1.807, 2.05) is 40.6 Å². The van der Waals surface area contributed by atoms with Crippen LogP contribution in [0.25, 0.3) is 0 Å². The quantitative estimate of drug-likeness (QED) is 0.640. The molecule has 1 atom stereocenters. The Hall–Kier alpha value is -3.10. The lowest BCUT2D eigenvalue weighted by Gasteiger charge is -2.36. The minimum Gasteiger partial charge on any atom is -0.466 e. The molecule has 0 saturated heterocycles. The van der Waals surface area contributed by atoms with Gasteiger partial charge in [-0.15, -0.1) is 0 Å². The number of aromatic nitrogens is 1. The molecule has 0 bridgehead atoms. The van der Waals surface area contributed by atoms with Gasteiger partial charge in [0.05, 0.1) is 30.8 Å². The van der Waals surface area contributed by atoms with Gasteiger partial charge in [-0.1, -0.05) is 41.6 Å². The van der Waals surface area contributed by atoms with Crippen LogP contribution in [-0.4, -0.2) is 34.0 Å². The van der Waals surface area contributed by atoms with E-state index in [0.717, 1.165) is 16.8 Å². The summed E-state index contributed by atoms with van der Waals surface area (Å²) in [7, 11) is 1.35. The summed E-state index contributed by atoms with van der Waals surface area (Å²) in [4.78, 5) is 36.0. The van der Waals surface area contributed by atoms with Crippen molar-refractivity contribution >= 4 is 40.4 Å². The molecule has 1 N–H and O–H groups in total. The molecule has 32 heavy (non-hydrogen) atoms. The van der Waals surface area contributed by atoms with Crippen LogP contribution in [0, 0.1) is 0 Å². The number of thioether (sulfide) groups is 1. The summed E-state index contributed by atoms with van der Waals surface area (Å²) in [6, 6.07) is 10.6. The lowest BCUT2D eigenvalue weighted by molar-refractivity contribution is -0.136. The number of esters is 1. The van der Waals surface area contributed by atoms with Crippen LogP contribution in [0.5, 0.6) is 0 Å². The molecule has 2 aliphatic heterocycles. The van der Waals surface area contributed by atoms with Gasteiger partial charge in [0.25, 0.3) is 0 Å². The molecule has 3 heterocycles. The molecular formula is C23H21ClN4O3S. The molecule has 0 aliphatic carbocycles. The predicted molar refractivity (Wildman–Crippen MR) is 125 cm³/mol. The van der Waals surface area contributed by atoms with Crippen LogP contribution in [0.4, 0.5) is 0 Å². The van der Waals surface area contributed by atoms with Crippen molar-refractivity contribution in [1.82, 2.24) is 15.2 Å². The van der Waals surface area contributed by atoms with Crippen LogP contribution in [0.15, 0.2) is 76.2 Å². The van der Waals surface area contributed by atoms with Gasteiger partial charge in [-0.05, 0) is 41.7 Å². The average molecular weight is 469 g/mol. The number of halogens is 1. The number of nitrogens with one attached hydrogen (secondary N) is 1. The van der Waals surface area contributed by atoms with Crippen LogP contribution >= 0.6 is 23.4 Å². The maximum absolute atomic E-state index is 12.7. The molecule has 0 spiro atoms. The number of carbonyl (C=O) groups excluding carboxylic acids is 2. The second kappa shape index (κ2) is 9.58. The van der Waals surface area contributed by atoms with Gasteiger partial charge in [-0.25, -0.2) is 9.79 Å². The molecule has 1 aromatic carbocycles. The van der Waals surface area contributed by atoms with Crippen molar-refractivity contribution in [3.63, 3.8) is 0 Å². The molecule has 9 heteroatoms. The number of rotatable bonds is 6. The molecule has 2 aromatic rings. The van der Waals surface area contributed by atoms with E-state index in [1.165, 1.54) is 18.9 Å². The summed E-state index contributed by atoms with van der Waals surface area (Å²) in [5, 5.41) is 6.07. The van der Waals surface area contributed by atoms with Crippen LogP contribution in [0.3, 0.4) is 0 Å². The Morgan fingerprint density at radius 3 is 2.84 bits per heavy atom. The van der Waals surface area contributed by atoms with Crippen molar-refractivity contribution in [3.8, 4) is 0 Å². The van der Waals surface area contributed by atoms with E-state index in [0.29, 0.717) is 28.0 Å². The zero-order valence-electron chi connectivity index (χ0n) is 17.5. The number of allylic oxidation sites excluding steroid dienone is 1. The van der Waals surface area contributed by atoms with Crippen LogP contribution in [0.2, 0.25) is 5.02 Å². The van der Waals surface area contributed by atoms with Gasteiger partial charge in [0.2, 0.25) is 5.91 Å². The van der Waals surface area contributed by atoms with E-state index < -0.39 is 12.0 Å². The van der Waals surface area contributed by atoms with Gasteiger partial charge in [0.15, 0.2) is 5.17 Å². The largest absolute Gasteiger partial charge is 0.466 e. The van der Waals surface area contributed by atoms with E-state index in [4.69, 9.17) is 16.3 Å². The first-order chi connectivity index (χ1) is 15.5. The monoisotopic (exact) mass is 468 g/mol. The molecule has 1 amide bonds. The number of amidine groups is 1. The summed E-state index contributed by atoms with van der Waals surface area (Å²) >= 11 is 7.68. The molecule has 4 rings (SSSR count). The number of nitrogens with zero attached hydrogens (tertiary/aromatic N) is 3. The zero-order valence-corrected chi connectivity index (χ0v) is 19.1.